The normalized spacial score (nSPS) is 12.1. The Morgan fingerprint density at radius 2 is 1.74 bits per heavy atom. The summed E-state index contributed by atoms with van der Waals surface area (Å²) < 4.78 is 5.23. The molecule has 0 fully saturated rings. The number of methoxy groups -OCH3 is 1. The highest BCUT2D eigenvalue weighted by Gasteiger charge is 2.20. The van der Waals surface area contributed by atoms with Crippen LogP contribution in [0.3, 0.4) is 0 Å². The van der Waals surface area contributed by atoms with Gasteiger partial charge in [-0.15, -0.1) is 0 Å². The minimum Gasteiger partial charge on any atom is -0.497 e. The number of fused-ring (bicyclic) bond motifs is 2. The number of aromatic amines is 1. The standard InChI is InChI=1S/C27H24N4O3/c1-34-20-12-10-17(11-13-20)26-30-24-9-5-3-7-22(24)25(31-26)27(33)29-19(16-32)14-18-15-28-23-8-4-2-6-21(18)23/h2-13,15,19,28,32H,14,16H2,1H3,(H,29,33). The second-order valence-corrected chi connectivity index (χ2v) is 8.06. The predicted octanol–water partition coefficient (Wildman–Crippen LogP) is 4.12. The van der Waals surface area contributed by atoms with Gasteiger partial charge in [0.25, 0.3) is 5.91 Å². The monoisotopic (exact) mass is 452 g/mol. The van der Waals surface area contributed by atoms with Gasteiger partial charge in [0.2, 0.25) is 0 Å². The Kier molecular flexibility index (Phi) is 5.93. The fraction of sp³-hybridized carbons (Fsp3) is 0.148. The molecular formula is C27H24N4O3. The number of H-pyrrole nitrogens is 1. The number of carbonyl (C=O) groups excluding carboxylic acids is 1. The number of aliphatic hydroxyl groups is 1. The molecule has 2 heterocycles. The summed E-state index contributed by atoms with van der Waals surface area (Å²) in [5, 5.41) is 14.7. The van der Waals surface area contributed by atoms with Gasteiger partial charge in [-0.1, -0.05) is 36.4 Å². The second kappa shape index (κ2) is 9.33. The van der Waals surface area contributed by atoms with Gasteiger partial charge in [-0.05, 0) is 48.4 Å². The van der Waals surface area contributed by atoms with Crippen molar-refractivity contribution < 1.29 is 14.6 Å². The third-order valence-electron chi connectivity index (χ3n) is 5.86. The minimum atomic E-state index is -0.468. The van der Waals surface area contributed by atoms with Gasteiger partial charge < -0.3 is 20.1 Å². The molecule has 1 amide bonds. The molecule has 170 valence electrons. The van der Waals surface area contributed by atoms with Gasteiger partial charge in [0.15, 0.2) is 5.82 Å². The van der Waals surface area contributed by atoms with Gasteiger partial charge in [-0.25, -0.2) is 9.97 Å². The molecule has 2 aromatic heterocycles. The van der Waals surface area contributed by atoms with E-state index >= 15 is 0 Å². The van der Waals surface area contributed by atoms with Gasteiger partial charge in [0.1, 0.15) is 11.4 Å². The molecule has 5 rings (SSSR count). The van der Waals surface area contributed by atoms with E-state index < -0.39 is 6.04 Å². The Labute approximate surface area is 196 Å². The predicted molar refractivity (Wildman–Crippen MR) is 132 cm³/mol. The molecule has 0 aliphatic rings. The molecule has 5 aromatic rings. The summed E-state index contributed by atoms with van der Waals surface area (Å²) in [5.41, 5.74) is 3.77. The molecule has 34 heavy (non-hydrogen) atoms. The smallest absolute Gasteiger partial charge is 0.270 e. The van der Waals surface area contributed by atoms with Crippen molar-refractivity contribution in [3.63, 3.8) is 0 Å². The number of hydrogen-bond acceptors (Lipinski definition) is 5. The average Bonchev–Trinajstić information content (AvgIpc) is 3.30. The summed E-state index contributed by atoms with van der Waals surface area (Å²) in [6, 6.07) is 22.3. The maximum absolute atomic E-state index is 13.4. The summed E-state index contributed by atoms with van der Waals surface area (Å²) in [5.74, 6) is 0.821. The van der Waals surface area contributed by atoms with E-state index in [-0.39, 0.29) is 18.2 Å². The number of amides is 1. The van der Waals surface area contributed by atoms with E-state index in [9.17, 15) is 9.90 Å². The van der Waals surface area contributed by atoms with E-state index in [1.54, 1.807) is 7.11 Å². The number of hydrogen-bond donors (Lipinski definition) is 3. The minimum absolute atomic E-state index is 0.195. The Bertz CT molecular complexity index is 1460. The molecule has 0 aliphatic carbocycles. The van der Waals surface area contributed by atoms with Crippen LogP contribution in [0, 0.1) is 0 Å². The molecule has 3 aromatic carbocycles. The van der Waals surface area contributed by atoms with Gasteiger partial charge in [0, 0.05) is 28.0 Å². The zero-order valence-corrected chi connectivity index (χ0v) is 18.7. The molecule has 3 N–H and O–H groups in total. The Morgan fingerprint density at radius 3 is 2.50 bits per heavy atom. The maximum Gasteiger partial charge on any atom is 0.270 e. The number of para-hydroxylation sites is 2. The number of nitrogens with one attached hydrogen (secondary N) is 2. The summed E-state index contributed by atoms with van der Waals surface area (Å²) in [6.45, 7) is -0.195. The van der Waals surface area contributed by atoms with Crippen molar-refractivity contribution in [1.29, 1.82) is 0 Å². The lowest BCUT2D eigenvalue weighted by Gasteiger charge is -2.17. The zero-order valence-electron chi connectivity index (χ0n) is 18.7. The Balaban J connectivity index is 1.46. The molecular weight excluding hydrogens is 428 g/mol. The van der Waals surface area contributed by atoms with Gasteiger partial charge in [-0.3, -0.25) is 4.79 Å². The highest BCUT2D eigenvalue weighted by atomic mass is 16.5. The van der Waals surface area contributed by atoms with E-state index in [0.717, 1.165) is 27.8 Å². The number of rotatable bonds is 7. The molecule has 0 saturated carbocycles. The summed E-state index contributed by atoms with van der Waals surface area (Å²) in [6.07, 6.45) is 2.40. The number of aliphatic hydroxyl groups excluding tert-OH is 1. The molecule has 1 atom stereocenters. The SMILES string of the molecule is COc1ccc(-c2nc(C(=O)NC(CO)Cc3c[nH]c4ccccc34)c3ccccc3n2)cc1. The van der Waals surface area contributed by atoms with E-state index in [2.05, 4.69) is 20.3 Å². The Hall–Kier alpha value is -4.23. The molecule has 7 nitrogen and oxygen atoms in total. The average molecular weight is 453 g/mol. The highest BCUT2D eigenvalue weighted by Crippen LogP contribution is 2.24. The van der Waals surface area contributed by atoms with Crippen LogP contribution < -0.4 is 10.1 Å². The number of ether oxygens (including phenoxy) is 1. The van der Waals surface area contributed by atoms with E-state index in [4.69, 9.17) is 4.74 Å². The van der Waals surface area contributed by atoms with Crippen molar-refractivity contribution >= 4 is 27.7 Å². The van der Waals surface area contributed by atoms with Gasteiger partial charge in [0.05, 0.1) is 25.3 Å². The van der Waals surface area contributed by atoms with Crippen LogP contribution >= 0.6 is 0 Å². The lowest BCUT2D eigenvalue weighted by Crippen LogP contribution is -2.39. The van der Waals surface area contributed by atoms with E-state index in [1.165, 1.54) is 0 Å². The lowest BCUT2D eigenvalue weighted by atomic mass is 10.0. The van der Waals surface area contributed by atoms with Crippen LogP contribution in [0.2, 0.25) is 0 Å². The van der Waals surface area contributed by atoms with Crippen LogP contribution in [-0.2, 0) is 6.42 Å². The Morgan fingerprint density at radius 1 is 1.00 bits per heavy atom. The van der Waals surface area contributed by atoms with Crippen molar-refractivity contribution in [1.82, 2.24) is 20.3 Å². The first kappa shape index (κ1) is 21.6. The van der Waals surface area contributed by atoms with Crippen LogP contribution in [0.1, 0.15) is 16.1 Å². The quantitative estimate of drug-likeness (QED) is 0.345. The van der Waals surface area contributed by atoms with Crippen molar-refractivity contribution in [2.24, 2.45) is 0 Å². The molecule has 0 aliphatic heterocycles. The van der Waals surface area contributed by atoms with Crippen molar-refractivity contribution in [2.45, 2.75) is 12.5 Å². The second-order valence-electron chi connectivity index (χ2n) is 8.06. The maximum atomic E-state index is 13.4. The summed E-state index contributed by atoms with van der Waals surface area (Å²) in [7, 11) is 1.61. The molecule has 1 unspecified atom stereocenters. The third kappa shape index (κ3) is 4.21. The largest absolute Gasteiger partial charge is 0.497 e. The first-order valence-electron chi connectivity index (χ1n) is 11.0. The fourth-order valence-electron chi connectivity index (χ4n) is 4.10. The summed E-state index contributed by atoms with van der Waals surface area (Å²) >= 11 is 0. The first-order chi connectivity index (χ1) is 16.7. The number of nitrogens with zero attached hydrogens (tertiary/aromatic N) is 2. The molecule has 0 saturated heterocycles. The van der Waals surface area contributed by atoms with Crippen LogP contribution in [0.25, 0.3) is 33.2 Å². The third-order valence-corrected chi connectivity index (χ3v) is 5.86. The highest BCUT2D eigenvalue weighted by molar-refractivity contribution is 6.05. The van der Waals surface area contributed by atoms with Crippen LogP contribution in [0.4, 0.5) is 0 Å². The number of benzene rings is 3. The number of carbonyl (C=O) groups is 1. The van der Waals surface area contributed by atoms with Crippen molar-refractivity contribution in [3.8, 4) is 17.1 Å². The zero-order chi connectivity index (χ0) is 23.5. The number of aromatic nitrogens is 3. The lowest BCUT2D eigenvalue weighted by molar-refractivity contribution is 0.0913. The van der Waals surface area contributed by atoms with Crippen LogP contribution in [-0.4, -0.2) is 45.7 Å². The van der Waals surface area contributed by atoms with Gasteiger partial charge in [-0.2, -0.15) is 0 Å². The summed E-state index contributed by atoms with van der Waals surface area (Å²) in [4.78, 5) is 25.9. The van der Waals surface area contributed by atoms with Crippen LogP contribution in [0.5, 0.6) is 5.75 Å². The van der Waals surface area contributed by atoms with E-state index in [1.807, 2.05) is 79.0 Å². The fourth-order valence-corrected chi connectivity index (χ4v) is 4.10. The van der Waals surface area contributed by atoms with Gasteiger partial charge >= 0.3 is 0 Å². The molecule has 0 spiro atoms. The van der Waals surface area contributed by atoms with Crippen LogP contribution in [0.15, 0.2) is 79.0 Å². The molecule has 0 radical (unpaired) electrons. The first-order valence-corrected chi connectivity index (χ1v) is 11.0. The van der Waals surface area contributed by atoms with Crippen molar-refractivity contribution in [3.05, 3.63) is 90.3 Å². The molecule has 0 bridgehead atoms. The van der Waals surface area contributed by atoms with E-state index in [0.29, 0.717) is 23.1 Å². The molecule has 7 heteroatoms. The topological polar surface area (TPSA) is 100 Å². The van der Waals surface area contributed by atoms with Crippen molar-refractivity contribution in [2.75, 3.05) is 13.7 Å².